The molecule has 108 valence electrons. The normalized spacial score (nSPS) is 18.6. The van der Waals surface area contributed by atoms with Crippen LogP contribution in [0.3, 0.4) is 0 Å². The van der Waals surface area contributed by atoms with Gasteiger partial charge in [-0.1, -0.05) is 19.3 Å². The zero-order valence-corrected chi connectivity index (χ0v) is 12.5. The van der Waals surface area contributed by atoms with Crippen LogP contribution in [0, 0.1) is 6.92 Å². The van der Waals surface area contributed by atoms with Crippen molar-refractivity contribution < 1.29 is 9.84 Å². The molecular formula is C15H25NO2S. The molecule has 1 aromatic rings. The Morgan fingerprint density at radius 1 is 1.37 bits per heavy atom. The SMILES string of the molecule is Cc1ccc(CNCC(O)COC2CCCCC2)s1. The Morgan fingerprint density at radius 3 is 2.84 bits per heavy atom. The van der Waals surface area contributed by atoms with Crippen molar-refractivity contribution in [3.8, 4) is 0 Å². The molecule has 0 amide bonds. The van der Waals surface area contributed by atoms with Gasteiger partial charge in [-0.25, -0.2) is 0 Å². The molecular weight excluding hydrogens is 258 g/mol. The first kappa shape index (κ1) is 15.0. The van der Waals surface area contributed by atoms with Gasteiger partial charge in [-0.3, -0.25) is 0 Å². The third kappa shape index (κ3) is 5.61. The summed E-state index contributed by atoms with van der Waals surface area (Å²) in [4.78, 5) is 2.65. The molecule has 1 saturated carbocycles. The van der Waals surface area contributed by atoms with Crippen molar-refractivity contribution in [1.29, 1.82) is 0 Å². The Labute approximate surface area is 120 Å². The van der Waals surface area contributed by atoms with Gasteiger partial charge in [0.1, 0.15) is 0 Å². The lowest BCUT2D eigenvalue weighted by Crippen LogP contribution is -2.32. The zero-order valence-electron chi connectivity index (χ0n) is 11.7. The molecule has 0 saturated heterocycles. The van der Waals surface area contributed by atoms with E-state index in [2.05, 4.69) is 24.4 Å². The quantitative estimate of drug-likeness (QED) is 0.808. The van der Waals surface area contributed by atoms with Crippen LogP contribution in [0.5, 0.6) is 0 Å². The second kappa shape index (κ2) is 8.00. The first-order valence-corrected chi connectivity index (χ1v) is 8.11. The maximum Gasteiger partial charge on any atom is 0.0897 e. The Hall–Kier alpha value is -0.420. The van der Waals surface area contributed by atoms with Crippen molar-refractivity contribution in [2.75, 3.05) is 13.2 Å². The molecule has 1 fully saturated rings. The second-order valence-corrected chi connectivity index (χ2v) is 6.76. The summed E-state index contributed by atoms with van der Waals surface area (Å²) >= 11 is 1.80. The van der Waals surface area contributed by atoms with Gasteiger partial charge in [0.05, 0.1) is 18.8 Å². The number of hydrogen-bond acceptors (Lipinski definition) is 4. The van der Waals surface area contributed by atoms with E-state index < -0.39 is 6.10 Å². The van der Waals surface area contributed by atoms with E-state index in [0.717, 1.165) is 19.4 Å². The van der Waals surface area contributed by atoms with Crippen LogP contribution in [0.25, 0.3) is 0 Å². The van der Waals surface area contributed by atoms with Gasteiger partial charge in [-0.2, -0.15) is 0 Å². The van der Waals surface area contributed by atoms with Crippen LogP contribution in [-0.2, 0) is 11.3 Å². The van der Waals surface area contributed by atoms with Crippen molar-refractivity contribution in [1.82, 2.24) is 5.32 Å². The smallest absolute Gasteiger partial charge is 0.0897 e. The lowest BCUT2D eigenvalue weighted by atomic mass is 9.98. The molecule has 1 aromatic heterocycles. The van der Waals surface area contributed by atoms with Crippen LogP contribution in [0.4, 0.5) is 0 Å². The maximum atomic E-state index is 9.88. The second-order valence-electron chi connectivity index (χ2n) is 5.39. The number of thiophene rings is 1. The van der Waals surface area contributed by atoms with Crippen LogP contribution < -0.4 is 5.32 Å². The number of aliphatic hydroxyl groups is 1. The van der Waals surface area contributed by atoms with E-state index in [1.54, 1.807) is 11.3 Å². The molecule has 0 spiro atoms. The van der Waals surface area contributed by atoms with Gasteiger partial charge in [-0.05, 0) is 31.9 Å². The van der Waals surface area contributed by atoms with Crippen LogP contribution >= 0.6 is 11.3 Å². The van der Waals surface area contributed by atoms with E-state index >= 15 is 0 Å². The number of aliphatic hydroxyl groups excluding tert-OH is 1. The topological polar surface area (TPSA) is 41.5 Å². The molecule has 2 N–H and O–H groups in total. The minimum Gasteiger partial charge on any atom is -0.389 e. The number of ether oxygens (including phenoxy) is 1. The molecule has 0 aliphatic heterocycles. The number of rotatable bonds is 7. The lowest BCUT2D eigenvalue weighted by molar-refractivity contribution is -0.0230. The van der Waals surface area contributed by atoms with Gasteiger partial charge in [0.15, 0.2) is 0 Å². The molecule has 1 unspecified atom stereocenters. The van der Waals surface area contributed by atoms with Gasteiger partial charge in [-0.15, -0.1) is 11.3 Å². The highest BCUT2D eigenvalue weighted by atomic mass is 32.1. The van der Waals surface area contributed by atoms with E-state index in [9.17, 15) is 5.11 Å². The average molecular weight is 283 g/mol. The largest absolute Gasteiger partial charge is 0.389 e. The number of aryl methyl sites for hydroxylation is 1. The molecule has 19 heavy (non-hydrogen) atoms. The van der Waals surface area contributed by atoms with Crippen LogP contribution in [0.15, 0.2) is 12.1 Å². The van der Waals surface area contributed by atoms with Crippen molar-refractivity contribution in [3.05, 3.63) is 21.9 Å². The highest BCUT2D eigenvalue weighted by Crippen LogP contribution is 2.20. The zero-order chi connectivity index (χ0) is 13.5. The predicted molar refractivity (Wildman–Crippen MR) is 79.6 cm³/mol. The molecule has 3 nitrogen and oxygen atoms in total. The third-order valence-corrected chi connectivity index (χ3v) is 4.55. The summed E-state index contributed by atoms with van der Waals surface area (Å²) in [7, 11) is 0. The minimum absolute atomic E-state index is 0.378. The summed E-state index contributed by atoms with van der Waals surface area (Å²) in [6, 6.07) is 4.27. The average Bonchev–Trinajstić information content (AvgIpc) is 2.83. The third-order valence-electron chi connectivity index (χ3n) is 3.55. The van der Waals surface area contributed by atoms with E-state index in [0.29, 0.717) is 19.3 Å². The van der Waals surface area contributed by atoms with Crippen molar-refractivity contribution in [2.45, 2.75) is 57.8 Å². The highest BCUT2D eigenvalue weighted by Gasteiger charge is 2.15. The highest BCUT2D eigenvalue weighted by molar-refractivity contribution is 7.11. The van der Waals surface area contributed by atoms with E-state index in [4.69, 9.17) is 4.74 Å². The standard InChI is InChI=1S/C15H25NO2S/c1-12-7-8-15(19-12)10-16-9-13(17)11-18-14-5-3-2-4-6-14/h7-8,13-14,16-17H,2-6,9-11H2,1H3. The molecule has 1 aliphatic carbocycles. The molecule has 0 aromatic carbocycles. The van der Waals surface area contributed by atoms with E-state index in [-0.39, 0.29) is 0 Å². The summed E-state index contributed by atoms with van der Waals surface area (Å²) in [6.45, 7) is 4.00. The fourth-order valence-electron chi connectivity index (χ4n) is 2.48. The predicted octanol–water partition coefficient (Wildman–Crippen LogP) is 2.86. The van der Waals surface area contributed by atoms with E-state index in [1.807, 2.05) is 0 Å². The van der Waals surface area contributed by atoms with Gasteiger partial charge >= 0.3 is 0 Å². The minimum atomic E-state index is -0.400. The maximum absolute atomic E-state index is 9.88. The summed E-state index contributed by atoms with van der Waals surface area (Å²) in [6.07, 6.45) is 6.19. The summed E-state index contributed by atoms with van der Waals surface area (Å²) < 4.78 is 5.76. The summed E-state index contributed by atoms with van der Waals surface area (Å²) in [5, 5.41) is 13.2. The van der Waals surface area contributed by atoms with Gasteiger partial charge in [0.2, 0.25) is 0 Å². The van der Waals surface area contributed by atoms with Crippen LogP contribution in [0.2, 0.25) is 0 Å². The van der Waals surface area contributed by atoms with Gasteiger partial charge in [0, 0.05) is 22.8 Å². The Balaban J connectivity index is 1.55. The number of hydrogen-bond donors (Lipinski definition) is 2. The fraction of sp³-hybridized carbons (Fsp3) is 0.733. The van der Waals surface area contributed by atoms with E-state index in [1.165, 1.54) is 29.0 Å². The van der Waals surface area contributed by atoms with Gasteiger partial charge < -0.3 is 15.2 Å². The Morgan fingerprint density at radius 2 is 2.16 bits per heavy atom. The Bertz CT molecular complexity index is 361. The molecule has 1 atom stereocenters. The monoisotopic (exact) mass is 283 g/mol. The van der Waals surface area contributed by atoms with Crippen LogP contribution in [-0.4, -0.2) is 30.5 Å². The number of nitrogens with one attached hydrogen (secondary N) is 1. The lowest BCUT2D eigenvalue weighted by Gasteiger charge is -2.23. The molecule has 4 heteroatoms. The summed E-state index contributed by atoms with van der Waals surface area (Å²) in [5.41, 5.74) is 0. The molecule has 1 heterocycles. The molecule has 1 aliphatic rings. The fourth-order valence-corrected chi connectivity index (χ4v) is 3.34. The van der Waals surface area contributed by atoms with Crippen LogP contribution in [0.1, 0.15) is 41.9 Å². The first-order valence-electron chi connectivity index (χ1n) is 7.30. The van der Waals surface area contributed by atoms with Crippen molar-refractivity contribution >= 4 is 11.3 Å². The van der Waals surface area contributed by atoms with Gasteiger partial charge in [0.25, 0.3) is 0 Å². The van der Waals surface area contributed by atoms with Crippen molar-refractivity contribution in [2.24, 2.45) is 0 Å². The Kier molecular flexibility index (Phi) is 6.31. The summed E-state index contributed by atoms with van der Waals surface area (Å²) in [5.74, 6) is 0. The molecule has 0 bridgehead atoms. The molecule has 2 rings (SSSR count). The molecule has 0 radical (unpaired) electrons. The van der Waals surface area contributed by atoms with Crippen molar-refractivity contribution in [3.63, 3.8) is 0 Å². The first-order chi connectivity index (χ1) is 9.24.